The molecule has 0 unspecified atom stereocenters. The van der Waals surface area contributed by atoms with Crippen LogP contribution in [-0.4, -0.2) is 24.1 Å². The van der Waals surface area contributed by atoms with E-state index in [2.05, 4.69) is 56.1 Å². The van der Waals surface area contributed by atoms with Crippen LogP contribution in [0, 0.1) is 0 Å². The van der Waals surface area contributed by atoms with Gasteiger partial charge >= 0.3 is 0 Å². The Hall–Kier alpha value is -1.09. The summed E-state index contributed by atoms with van der Waals surface area (Å²) < 4.78 is 0. The molecule has 0 aliphatic rings. The van der Waals surface area contributed by atoms with Crippen molar-refractivity contribution in [3.8, 4) is 0 Å². The lowest BCUT2D eigenvalue weighted by atomic mass is 10.3. The zero-order valence-electron chi connectivity index (χ0n) is 11.5. The molecule has 0 saturated heterocycles. The minimum Gasteiger partial charge on any atom is -0.354 e. The van der Waals surface area contributed by atoms with Crippen LogP contribution >= 0.6 is 0 Å². The van der Waals surface area contributed by atoms with E-state index in [1.54, 1.807) is 0 Å². The molecule has 1 rings (SSSR count). The number of pyridine rings is 1. The number of nitrogens with zero attached hydrogens (tertiary/aromatic N) is 2. The highest BCUT2D eigenvalue weighted by Crippen LogP contribution is 2.14. The lowest BCUT2D eigenvalue weighted by molar-refractivity contribution is 0.655. The molecule has 3 nitrogen and oxygen atoms in total. The molecule has 1 heterocycles. The Morgan fingerprint density at radius 3 is 2.65 bits per heavy atom. The Kier molecular flexibility index (Phi) is 5.98. The maximum atomic E-state index is 4.70. The fourth-order valence-electron chi connectivity index (χ4n) is 1.91. The molecule has 0 aromatic carbocycles. The lowest BCUT2D eigenvalue weighted by Crippen LogP contribution is -2.31. The fourth-order valence-corrected chi connectivity index (χ4v) is 1.91. The van der Waals surface area contributed by atoms with E-state index in [1.165, 1.54) is 0 Å². The van der Waals surface area contributed by atoms with Gasteiger partial charge in [-0.1, -0.05) is 13.0 Å². The molecule has 0 radical (unpaired) electrons. The third kappa shape index (κ3) is 4.35. The number of hydrogen-bond donors (Lipinski definition) is 1. The zero-order chi connectivity index (χ0) is 12.7. The van der Waals surface area contributed by atoms with E-state index in [0.717, 1.165) is 37.6 Å². The average molecular weight is 235 g/mol. The van der Waals surface area contributed by atoms with Crippen molar-refractivity contribution in [2.45, 2.75) is 46.7 Å². The third-order valence-electron chi connectivity index (χ3n) is 2.78. The first-order valence-corrected chi connectivity index (χ1v) is 6.62. The van der Waals surface area contributed by atoms with Crippen molar-refractivity contribution in [2.24, 2.45) is 0 Å². The highest BCUT2D eigenvalue weighted by Gasteiger charge is 2.09. The second-order valence-electron chi connectivity index (χ2n) is 4.54. The van der Waals surface area contributed by atoms with Gasteiger partial charge in [-0.2, -0.15) is 0 Å². The van der Waals surface area contributed by atoms with E-state index in [-0.39, 0.29) is 0 Å². The van der Waals surface area contributed by atoms with Gasteiger partial charge in [0, 0.05) is 19.1 Å². The van der Waals surface area contributed by atoms with Crippen molar-refractivity contribution in [3.05, 3.63) is 23.9 Å². The topological polar surface area (TPSA) is 28.2 Å². The third-order valence-corrected chi connectivity index (χ3v) is 2.78. The monoisotopic (exact) mass is 235 g/mol. The van der Waals surface area contributed by atoms with E-state index in [4.69, 9.17) is 4.98 Å². The van der Waals surface area contributed by atoms with Gasteiger partial charge in [0.25, 0.3) is 0 Å². The van der Waals surface area contributed by atoms with Crippen molar-refractivity contribution in [1.29, 1.82) is 0 Å². The van der Waals surface area contributed by atoms with Crippen molar-refractivity contribution in [1.82, 2.24) is 10.3 Å². The second-order valence-corrected chi connectivity index (χ2v) is 4.54. The van der Waals surface area contributed by atoms with Crippen molar-refractivity contribution in [3.63, 3.8) is 0 Å². The zero-order valence-corrected chi connectivity index (χ0v) is 11.5. The van der Waals surface area contributed by atoms with E-state index < -0.39 is 0 Å². The van der Waals surface area contributed by atoms with Gasteiger partial charge in [0.2, 0.25) is 0 Å². The number of rotatable bonds is 7. The van der Waals surface area contributed by atoms with Crippen molar-refractivity contribution < 1.29 is 0 Å². The summed E-state index contributed by atoms with van der Waals surface area (Å²) in [6.45, 7) is 11.7. The van der Waals surface area contributed by atoms with Crippen molar-refractivity contribution >= 4 is 5.82 Å². The summed E-state index contributed by atoms with van der Waals surface area (Å²) in [5.41, 5.74) is 1.12. The summed E-state index contributed by atoms with van der Waals surface area (Å²) in [4.78, 5) is 7.01. The summed E-state index contributed by atoms with van der Waals surface area (Å²) in [5, 5.41) is 3.38. The summed E-state index contributed by atoms with van der Waals surface area (Å²) >= 11 is 0. The minimum atomic E-state index is 0.492. The van der Waals surface area contributed by atoms with Gasteiger partial charge in [-0.05, 0) is 45.9 Å². The first-order chi connectivity index (χ1) is 8.19. The van der Waals surface area contributed by atoms with E-state index in [9.17, 15) is 0 Å². The Labute approximate surface area is 105 Å². The maximum absolute atomic E-state index is 4.70. The molecule has 0 aliphatic carbocycles. The predicted octanol–water partition coefficient (Wildman–Crippen LogP) is 2.82. The fraction of sp³-hybridized carbons (Fsp3) is 0.643. The van der Waals surface area contributed by atoms with E-state index in [0.29, 0.717) is 6.04 Å². The highest BCUT2D eigenvalue weighted by molar-refractivity contribution is 5.40. The number of hydrogen-bond acceptors (Lipinski definition) is 3. The summed E-state index contributed by atoms with van der Waals surface area (Å²) in [7, 11) is 0. The quantitative estimate of drug-likeness (QED) is 0.737. The molecule has 17 heavy (non-hydrogen) atoms. The normalized spacial score (nSPS) is 10.9. The molecule has 0 aliphatic heterocycles. The van der Waals surface area contributed by atoms with Crippen LogP contribution in [0.15, 0.2) is 18.2 Å². The molecule has 96 valence electrons. The molecule has 0 bridgehead atoms. The van der Waals surface area contributed by atoms with E-state index in [1.807, 2.05) is 0 Å². The van der Waals surface area contributed by atoms with Gasteiger partial charge in [0.05, 0.1) is 5.69 Å². The van der Waals surface area contributed by atoms with Gasteiger partial charge in [0.1, 0.15) is 5.82 Å². The molecule has 0 spiro atoms. The van der Waals surface area contributed by atoms with Gasteiger partial charge in [-0.3, -0.25) is 0 Å². The SMILES string of the molecule is CCCNCc1cccc(N(CC)C(C)C)n1. The van der Waals surface area contributed by atoms with Crippen LogP contribution in [0.1, 0.15) is 39.8 Å². The average Bonchev–Trinajstić information content (AvgIpc) is 2.30. The van der Waals surface area contributed by atoms with Gasteiger partial charge in [0.15, 0.2) is 0 Å². The molecule has 0 fully saturated rings. The molecule has 0 saturated carbocycles. The predicted molar refractivity (Wildman–Crippen MR) is 74.4 cm³/mol. The van der Waals surface area contributed by atoms with Crippen LogP contribution in [0.3, 0.4) is 0 Å². The molecular weight excluding hydrogens is 210 g/mol. The summed E-state index contributed by atoms with van der Waals surface area (Å²) in [6.07, 6.45) is 1.16. The molecule has 0 amide bonds. The lowest BCUT2D eigenvalue weighted by Gasteiger charge is -2.26. The molecule has 1 aromatic rings. The number of anilines is 1. The Balaban J connectivity index is 2.70. The first kappa shape index (κ1) is 14.0. The highest BCUT2D eigenvalue weighted by atomic mass is 15.2. The number of aromatic nitrogens is 1. The van der Waals surface area contributed by atoms with Crippen LogP contribution in [0.5, 0.6) is 0 Å². The standard InChI is InChI=1S/C14H25N3/c1-5-10-15-11-13-8-7-9-14(16-13)17(6-2)12(3)4/h7-9,12,15H,5-6,10-11H2,1-4H3. The maximum Gasteiger partial charge on any atom is 0.129 e. The minimum absolute atomic E-state index is 0.492. The molecular formula is C14H25N3. The Morgan fingerprint density at radius 2 is 2.06 bits per heavy atom. The molecule has 1 aromatic heterocycles. The van der Waals surface area contributed by atoms with Crippen LogP contribution in [0.4, 0.5) is 5.82 Å². The first-order valence-electron chi connectivity index (χ1n) is 6.62. The Morgan fingerprint density at radius 1 is 1.29 bits per heavy atom. The van der Waals surface area contributed by atoms with Gasteiger partial charge in [-0.15, -0.1) is 0 Å². The van der Waals surface area contributed by atoms with E-state index >= 15 is 0 Å². The Bertz CT molecular complexity index is 323. The van der Waals surface area contributed by atoms with Gasteiger partial charge in [-0.25, -0.2) is 4.98 Å². The van der Waals surface area contributed by atoms with Crippen molar-refractivity contribution in [2.75, 3.05) is 18.0 Å². The second kappa shape index (κ2) is 7.28. The largest absolute Gasteiger partial charge is 0.354 e. The van der Waals surface area contributed by atoms with Gasteiger partial charge < -0.3 is 10.2 Å². The molecule has 3 heteroatoms. The van der Waals surface area contributed by atoms with Crippen LogP contribution in [0.25, 0.3) is 0 Å². The van der Waals surface area contributed by atoms with Crippen LogP contribution < -0.4 is 10.2 Å². The summed E-state index contributed by atoms with van der Waals surface area (Å²) in [6, 6.07) is 6.76. The molecule has 0 atom stereocenters. The smallest absolute Gasteiger partial charge is 0.129 e. The summed E-state index contributed by atoms with van der Waals surface area (Å²) in [5.74, 6) is 1.08. The van der Waals surface area contributed by atoms with Crippen LogP contribution in [0.2, 0.25) is 0 Å². The van der Waals surface area contributed by atoms with Crippen LogP contribution in [-0.2, 0) is 6.54 Å². The number of nitrogens with one attached hydrogen (secondary N) is 1. The molecule has 1 N–H and O–H groups in total.